The van der Waals surface area contributed by atoms with Crippen LogP contribution in [0.1, 0.15) is 36.8 Å². The van der Waals surface area contributed by atoms with E-state index in [-0.39, 0.29) is 11.8 Å². The summed E-state index contributed by atoms with van der Waals surface area (Å²) in [5.74, 6) is 1.03. The van der Waals surface area contributed by atoms with Crippen LogP contribution in [0.15, 0.2) is 18.2 Å². The number of hydrogen-bond donors (Lipinski definition) is 1. The first-order valence-corrected chi connectivity index (χ1v) is 7.28. The number of carbonyl (C=O) groups is 1. The minimum Gasteiger partial charge on any atom is -0.317 e. The van der Waals surface area contributed by atoms with Crippen LogP contribution in [-0.4, -0.2) is 26.0 Å². The predicted molar refractivity (Wildman–Crippen MR) is 77.6 cm³/mol. The zero-order valence-electron chi connectivity index (χ0n) is 11.8. The first kappa shape index (κ1) is 12.7. The van der Waals surface area contributed by atoms with E-state index < -0.39 is 0 Å². The van der Waals surface area contributed by atoms with Crippen molar-refractivity contribution in [3.05, 3.63) is 29.3 Å². The van der Waals surface area contributed by atoms with Gasteiger partial charge < -0.3 is 10.2 Å². The standard InChI is InChI=1S/C16H22N2O/c1-11-14-10-13(9-12-5-7-17-8-6-12)3-4-15(14)18(2)16(11)19/h3-4,10-12,17H,5-9H2,1-2H3. The van der Waals surface area contributed by atoms with Crippen LogP contribution in [0.4, 0.5) is 5.69 Å². The van der Waals surface area contributed by atoms with Gasteiger partial charge in [-0.05, 0) is 62.4 Å². The van der Waals surface area contributed by atoms with E-state index in [1.807, 2.05) is 14.0 Å². The Hall–Kier alpha value is -1.35. The molecule has 1 atom stereocenters. The van der Waals surface area contributed by atoms with Gasteiger partial charge in [-0.2, -0.15) is 0 Å². The lowest BCUT2D eigenvalue weighted by molar-refractivity contribution is -0.118. The summed E-state index contributed by atoms with van der Waals surface area (Å²) < 4.78 is 0. The maximum atomic E-state index is 12.0. The fraction of sp³-hybridized carbons (Fsp3) is 0.562. The monoisotopic (exact) mass is 258 g/mol. The molecule has 0 aliphatic carbocycles. The van der Waals surface area contributed by atoms with E-state index in [1.165, 1.54) is 24.0 Å². The van der Waals surface area contributed by atoms with Crippen molar-refractivity contribution in [2.45, 2.75) is 32.1 Å². The number of rotatable bonds is 2. The van der Waals surface area contributed by atoms with Gasteiger partial charge in [-0.15, -0.1) is 0 Å². The third-order valence-corrected chi connectivity index (χ3v) is 4.60. The number of carbonyl (C=O) groups excluding carboxylic acids is 1. The van der Waals surface area contributed by atoms with Gasteiger partial charge in [0.25, 0.3) is 0 Å². The number of piperidine rings is 1. The SMILES string of the molecule is CC1C(=O)N(C)c2ccc(CC3CCNCC3)cc21. The topological polar surface area (TPSA) is 32.3 Å². The fourth-order valence-electron chi connectivity index (χ4n) is 3.34. The van der Waals surface area contributed by atoms with Gasteiger partial charge in [-0.3, -0.25) is 4.79 Å². The highest BCUT2D eigenvalue weighted by molar-refractivity contribution is 6.04. The quantitative estimate of drug-likeness (QED) is 0.883. The second-order valence-electron chi connectivity index (χ2n) is 5.91. The van der Waals surface area contributed by atoms with Crippen LogP contribution in [0.2, 0.25) is 0 Å². The summed E-state index contributed by atoms with van der Waals surface area (Å²) in [6.07, 6.45) is 3.69. The summed E-state index contributed by atoms with van der Waals surface area (Å²) in [6, 6.07) is 6.57. The number of anilines is 1. The number of hydrogen-bond acceptors (Lipinski definition) is 2. The molecule has 19 heavy (non-hydrogen) atoms. The maximum Gasteiger partial charge on any atom is 0.234 e. The maximum absolute atomic E-state index is 12.0. The average molecular weight is 258 g/mol. The third-order valence-electron chi connectivity index (χ3n) is 4.60. The normalized spacial score (nSPS) is 23.8. The Kier molecular flexibility index (Phi) is 3.31. The van der Waals surface area contributed by atoms with E-state index in [0.717, 1.165) is 31.1 Å². The van der Waals surface area contributed by atoms with Crippen molar-refractivity contribution in [2.75, 3.05) is 25.0 Å². The van der Waals surface area contributed by atoms with Crippen molar-refractivity contribution in [3.63, 3.8) is 0 Å². The molecule has 1 amide bonds. The zero-order valence-corrected chi connectivity index (χ0v) is 11.8. The molecular formula is C16H22N2O. The molecule has 2 aliphatic rings. The Labute approximate surface area is 115 Å². The molecule has 0 radical (unpaired) electrons. The molecule has 0 saturated carbocycles. The zero-order chi connectivity index (χ0) is 13.4. The minimum atomic E-state index is 0.0213. The molecule has 102 valence electrons. The van der Waals surface area contributed by atoms with Crippen LogP contribution < -0.4 is 10.2 Å². The molecule has 1 aromatic rings. The Bertz CT molecular complexity index is 492. The highest BCUT2D eigenvalue weighted by Gasteiger charge is 2.31. The molecule has 1 fully saturated rings. The molecule has 3 rings (SSSR count). The van der Waals surface area contributed by atoms with Crippen molar-refractivity contribution >= 4 is 11.6 Å². The van der Waals surface area contributed by atoms with Gasteiger partial charge in [0.05, 0.1) is 5.92 Å². The van der Waals surface area contributed by atoms with E-state index in [4.69, 9.17) is 0 Å². The molecule has 3 nitrogen and oxygen atoms in total. The van der Waals surface area contributed by atoms with E-state index in [2.05, 4.69) is 23.5 Å². The molecule has 2 heterocycles. The van der Waals surface area contributed by atoms with Crippen LogP contribution in [0.5, 0.6) is 0 Å². The van der Waals surface area contributed by atoms with Gasteiger partial charge in [0.2, 0.25) is 5.91 Å². The molecule has 0 bridgehead atoms. The summed E-state index contributed by atoms with van der Waals surface area (Å²) in [5.41, 5.74) is 3.69. The Morgan fingerprint density at radius 3 is 2.79 bits per heavy atom. The fourth-order valence-corrected chi connectivity index (χ4v) is 3.34. The smallest absolute Gasteiger partial charge is 0.234 e. The van der Waals surface area contributed by atoms with Crippen LogP contribution in [0.3, 0.4) is 0 Å². The molecule has 2 aliphatic heterocycles. The van der Waals surface area contributed by atoms with Gasteiger partial charge in [0, 0.05) is 12.7 Å². The van der Waals surface area contributed by atoms with Gasteiger partial charge >= 0.3 is 0 Å². The van der Waals surface area contributed by atoms with Crippen LogP contribution in [0.25, 0.3) is 0 Å². The summed E-state index contributed by atoms with van der Waals surface area (Å²) in [7, 11) is 1.87. The lowest BCUT2D eigenvalue weighted by Gasteiger charge is -2.22. The van der Waals surface area contributed by atoms with Gasteiger partial charge in [-0.25, -0.2) is 0 Å². The van der Waals surface area contributed by atoms with Crippen LogP contribution in [-0.2, 0) is 11.2 Å². The second-order valence-corrected chi connectivity index (χ2v) is 5.91. The number of benzene rings is 1. The highest BCUT2D eigenvalue weighted by Crippen LogP contribution is 2.37. The number of likely N-dealkylation sites (N-methyl/N-ethyl adjacent to an activating group) is 1. The van der Waals surface area contributed by atoms with Crippen molar-refractivity contribution in [1.29, 1.82) is 0 Å². The van der Waals surface area contributed by atoms with Gasteiger partial charge in [0.15, 0.2) is 0 Å². The van der Waals surface area contributed by atoms with Crippen LogP contribution >= 0.6 is 0 Å². The summed E-state index contributed by atoms with van der Waals surface area (Å²) in [4.78, 5) is 13.8. The Morgan fingerprint density at radius 2 is 2.05 bits per heavy atom. The number of nitrogens with zero attached hydrogens (tertiary/aromatic N) is 1. The lowest BCUT2D eigenvalue weighted by atomic mass is 9.89. The number of fused-ring (bicyclic) bond motifs is 1. The van der Waals surface area contributed by atoms with E-state index in [1.54, 1.807) is 4.90 Å². The average Bonchev–Trinajstić information content (AvgIpc) is 2.65. The van der Waals surface area contributed by atoms with Crippen LogP contribution in [0, 0.1) is 5.92 Å². The first-order valence-electron chi connectivity index (χ1n) is 7.28. The number of nitrogens with one attached hydrogen (secondary N) is 1. The Morgan fingerprint density at radius 1 is 1.32 bits per heavy atom. The largest absolute Gasteiger partial charge is 0.317 e. The van der Waals surface area contributed by atoms with Crippen molar-refractivity contribution in [3.8, 4) is 0 Å². The molecule has 0 aromatic heterocycles. The van der Waals surface area contributed by atoms with E-state index in [9.17, 15) is 4.79 Å². The summed E-state index contributed by atoms with van der Waals surface area (Å²) in [5, 5.41) is 3.41. The molecular weight excluding hydrogens is 236 g/mol. The second kappa shape index (κ2) is 4.97. The predicted octanol–water partition coefficient (Wildman–Crippen LogP) is 2.31. The summed E-state index contributed by atoms with van der Waals surface area (Å²) in [6.45, 7) is 4.31. The first-order chi connectivity index (χ1) is 9.16. The molecule has 1 saturated heterocycles. The molecule has 1 unspecified atom stereocenters. The highest BCUT2D eigenvalue weighted by atomic mass is 16.2. The third kappa shape index (κ3) is 2.27. The summed E-state index contributed by atoms with van der Waals surface area (Å²) >= 11 is 0. The molecule has 1 N–H and O–H groups in total. The minimum absolute atomic E-state index is 0.0213. The van der Waals surface area contributed by atoms with Gasteiger partial charge in [-0.1, -0.05) is 12.1 Å². The van der Waals surface area contributed by atoms with Crippen molar-refractivity contribution < 1.29 is 4.79 Å². The number of amides is 1. The van der Waals surface area contributed by atoms with E-state index in [0.29, 0.717) is 0 Å². The van der Waals surface area contributed by atoms with Crippen molar-refractivity contribution in [1.82, 2.24) is 5.32 Å². The van der Waals surface area contributed by atoms with Crippen molar-refractivity contribution in [2.24, 2.45) is 5.92 Å². The molecule has 1 aromatic carbocycles. The van der Waals surface area contributed by atoms with E-state index >= 15 is 0 Å². The lowest BCUT2D eigenvalue weighted by Crippen LogP contribution is -2.28. The molecule has 0 spiro atoms. The van der Waals surface area contributed by atoms with Gasteiger partial charge in [0.1, 0.15) is 0 Å². The molecule has 3 heteroatoms. The Balaban J connectivity index is 1.80.